The number of aromatic nitrogens is 4. The van der Waals surface area contributed by atoms with Crippen molar-refractivity contribution in [3.05, 3.63) is 40.6 Å². The van der Waals surface area contributed by atoms with Gasteiger partial charge < -0.3 is 9.97 Å². The summed E-state index contributed by atoms with van der Waals surface area (Å²) in [6.07, 6.45) is 4.92. The van der Waals surface area contributed by atoms with E-state index in [4.69, 9.17) is 0 Å². The Morgan fingerprint density at radius 1 is 1.32 bits per heavy atom. The van der Waals surface area contributed by atoms with Gasteiger partial charge in [-0.25, -0.2) is 4.79 Å². The van der Waals surface area contributed by atoms with E-state index in [1.807, 2.05) is 36.1 Å². The summed E-state index contributed by atoms with van der Waals surface area (Å²) in [7, 11) is 0. The average Bonchev–Trinajstić information content (AvgIpc) is 2.95. The highest BCUT2D eigenvalue weighted by Gasteiger charge is 2.11. The molecule has 0 radical (unpaired) electrons. The highest BCUT2D eigenvalue weighted by molar-refractivity contribution is 5.93. The normalized spacial score (nSPS) is 11.3. The Kier molecular flexibility index (Phi) is 2.74. The number of imidazole rings is 1. The molecule has 0 aliphatic heterocycles. The molecule has 0 unspecified atom stereocenters. The molecule has 0 amide bonds. The van der Waals surface area contributed by atoms with E-state index in [1.54, 1.807) is 0 Å². The summed E-state index contributed by atoms with van der Waals surface area (Å²) >= 11 is 0. The molecule has 2 aromatic heterocycles. The van der Waals surface area contributed by atoms with E-state index >= 15 is 0 Å². The second kappa shape index (κ2) is 4.42. The summed E-state index contributed by atoms with van der Waals surface area (Å²) in [5, 5.41) is 4.35. The van der Waals surface area contributed by atoms with Gasteiger partial charge in [-0.05, 0) is 25.0 Å². The summed E-state index contributed by atoms with van der Waals surface area (Å²) in [5.74, 6) is 0. The van der Waals surface area contributed by atoms with Gasteiger partial charge in [0.2, 0.25) is 0 Å². The molecule has 0 aliphatic carbocycles. The Balaban J connectivity index is 2.22. The van der Waals surface area contributed by atoms with Gasteiger partial charge in [-0.15, -0.1) is 0 Å². The summed E-state index contributed by atoms with van der Waals surface area (Å²) in [4.78, 5) is 17.1. The van der Waals surface area contributed by atoms with Crippen molar-refractivity contribution >= 4 is 11.0 Å². The number of hydrogen-bond donors (Lipinski definition) is 2. The van der Waals surface area contributed by atoms with Crippen molar-refractivity contribution in [1.29, 1.82) is 0 Å². The molecule has 0 saturated heterocycles. The molecule has 5 heteroatoms. The fraction of sp³-hybridized carbons (Fsp3) is 0.286. The maximum atomic E-state index is 11.5. The van der Waals surface area contributed by atoms with Gasteiger partial charge in [0.25, 0.3) is 0 Å². The van der Waals surface area contributed by atoms with Gasteiger partial charge in [-0.3, -0.25) is 4.68 Å². The van der Waals surface area contributed by atoms with Crippen LogP contribution in [-0.4, -0.2) is 19.7 Å². The number of rotatable bonds is 3. The molecule has 1 aromatic carbocycles. The molecular formula is C14H16N4O. The van der Waals surface area contributed by atoms with E-state index in [-0.39, 0.29) is 5.69 Å². The molecule has 0 atom stereocenters. The fourth-order valence-corrected chi connectivity index (χ4v) is 2.42. The summed E-state index contributed by atoms with van der Waals surface area (Å²) in [5.41, 5.74) is 4.70. The molecule has 3 rings (SSSR count). The van der Waals surface area contributed by atoms with Crippen LogP contribution in [0.2, 0.25) is 0 Å². The minimum atomic E-state index is -0.178. The molecule has 5 nitrogen and oxygen atoms in total. The molecule has 98 valence electrons. The molecule has 3 aromatic rings. The molecule has 0 saturated carbocycles. The lowest BCUT2D eigenvalue weighted by Crippen LogP contribution is -1.99. The number of H-pyrrole nitrogens is 2. The lowest BCUT2D eigenvalue weighted by atomic mass is 10.0. The van der Waals surface area contributed by atoms with Crippen LogP contribution in [0.5, 0.6) is 0 Å². The van der Waals surface area contributed by atoms with Gasteiger partial charge in [0.05, 0.1) is 17.2 Å². The Hall–Kier alpha value is -2.30. The zero-order valence-electron chi connectivity index (χ0n) is 11.0. The Labute approximate surface area is 110 Å². The number of aromatic amines is 2. The lowest BCUT2D eigenvalue weighted by Gasteiger charge is -2.04. The van der Waals surface area contributed by atoms with E-state index in [0.29, 0.717) is 0 Å². The third-order valence-corrected chi connectivity index (χ3v) is 3.28. The number of aryl methyl sites for hydroxylation is 2. The van der Waals surface area contributed by atoms with Gasteiger partial charge in [0.15, 0.2) is 0 Å². The van der Waals surface area contributed by atoms with Gasteiger partial charge in [0, 0.05) is 23.9 Å². The van der Waals surface area contributed by atoms with Crippen LogP contribution in [0.3, 0.4) is 0 Å². The van der Waals surface area contributed by atoms with E-state index in [9.17, 15) is 4.79 Å². The topological polar surface area (TPSA) is 66.5 Å². The number of fused-ring (bicyclic) bond motifs is 1. The summed E-state index contributed by atoms with van der Waals surface area (Å²) < 4.78 is 1.93. The monoisotopic (exact) mass is 256 g/mol. The largest absolute Gasteiger partial charge is 0.323 e. The summed E-state index contributed by atoms with van der Waals surface area (Å²) in [6.45, 7) is 5.06. The molecule has 2 heterocycles. The van der Waals surface area contributed by atoms with Crippen LogP contribution in [0.25, 0.3) is 22.2 Å². The van der Waals surface area contributed by atoms with Crippen molar-refractivity contribution in [2.45, 2.75) is 26.8 Å². The number of nitrogens with one attached hydrogen (secondary N) is 2. The molecule has 19 heavy (non-hydrogen) atoms. The van der Waals surface area contributed by atoms with Crippen LogP contribution in [0, 0.1) is 6.92 Å². The second-order valence-corrected chi connectivity index (χ2v) is 4.75. The van der Waals surface area contributed by atoms with E-state index in [1.165, 1.54) is 0 Å². The molecular weight excluding hydrogens is 240 g/mol. The van der Waals surface area contributed by atoms with Gasteiger partial charge >= 0.3 is 5.69 Å². The Morgan fingerprint density at radius 3 is 2.95 bits per heavy atom. The molecule has 0 bridgehead atoms. The maximum absolute atomic E-state index is 11.5. The third kappa shape index (κ3) is 1.97. The summed E-state index contributed by atoms with van der Waals surface area (Å²) in [6, 6.07) is 3.93. The lowest BCUT2D eigenvalue weighted by molar-refractivity contribution is 0.603. The second-order valence-electron chi connectivity index (χ2n) is 4.75. The van der Waals surface area contributed by atoms with Crippen LogP contribution in [0.1, 0.15) is 18.9 Å². The first-order chi connectivity index (χ1) is 9.19. The van der Waals surface area contributed by atoms with Crippen molar-refractivity contribution in [1.82, 2.24) is 19.7 Å². The quantitative estimate of drug-likeness (QED) is 0.755. The number of hydrogen-bond acceptors (Lipinski definition) is 2. The van der Waals surface area contributed by atoms with Gasteiger partial charge in [-0.1, -0.05) is 13.0 Å². The first-order valence-corrected chi connectivity index (χ1v) is 6.43. The minimum absolute atomic E-state index is 0.178. The predicted molar refractivity (Wildman–Crippen MR) is 75.2 cm³/mol. The fourth-order valence-electron chi connectivity index (χ4n) is 2.42. The highest BCUT2D eigenvalue weighted by atomic mass is 16.1. The van der Waals surface area contributed by atoms with Crippen LogP contribution >= 0.6 is 0 Å². The van der Waals surface area contributed by atoms with E-state index < -0.39 is 0 Å². The number of benzene rings is 1. The van der Waals surface area contributed by atoms with Crippen molar-refractivity contribution in [2.24, 2.45) is 0 Å². The van der Waals surface area contributed by atoms with Crippen molar-refractivity contribution < 1.29 is 0 Å². The minimum Gasteiger partial charge on any atom is -0.306 e. The van der Waals surface area contributed by atoms with Crippen LogP contribution in [0.4, 0.5) is 0 Å². The van der Waals surface area contributed by atoms with Crippen LogP contribution < -0.4 is 5.69 Å². The number of nitrogens with zero attached hydrogens (tertiary/aromatic N) is 2. The predicted octanol–water partition coefficient (Wildman–Crippen LogP) is 2.44. The Bertz CT molecular complexity index is 778. The molecule has 0 aliphatic rings. The zero-order chi connectivity index (χ0) is 13.4. The van der Waals surface area contributed by atoms with Crippen molar-refractivity contribution in [3.63, 3.8) is 0 Å². The molecule has 0 fully saturated rings. The van der Waals surface area contributed by atoms with Crippen molar-refractivity contribution in [2.75, 3.05) is 0 Å². The smallest absolute Gasteiger partial charge is 0.306 e. The van der Waals surface area contributed by atoms with Gasteiger partial charge in [-0.2, -0.15) is 5.10 Å². The Morgan fingerprint density at radius 2 is 2.16 bits per heavy atom. The van der Waals surface area contributed by atoms with Crippen molar-refractivity contribution in [3.8, 4) is 11.1 Å². The highest BCUT2D eigenvalue weighted by Crippen LogP contribution is 2.29. The molecule has 2 N–H and O–H groups in total. The first kappa shape index (κ1) is 11.8. The van der Waals surface area contributed by atoms with E-state index in [0.717, 1.165) is 40.7 Å². The maximum Gasteiger partial charge on any atom is 0.323 e. The van der Waals surface area contributed by atoms with Crippen LogP contribution in [-0.2, 0) is 6.54 Å². The van der Waals surface area contributed by atoms with Crippen LogP contribution in [0.15, 0.2) is 29.3 Å². The zero-order valence-corrected chi connectivity index (χ0v) is 11.0. The third-order valence-electron chi connectivity index (χ3n) is 3.28. The van der Waals surface area contributed by atoms with E-state index in [2.05, 4.69) is 22.0 Å². The first-order valence-electron chi connectivity index (χ1n) is 6.43. The average molecular weight is 256 g/mol. The SMILES string of the molecule is CCCn1cc(-c2c(C)ccc3[nH]c(=O)[nH]c23)cn1. The molecule has 0 spiro atoms. The standard InChI is InChI=1S/C14H16N4O/c1-3-6-18-8-10(7-15-18)12-9(2)4-5-11-13(12)17-14(19)16-11/h4-5,7-8H,3,6H2,1-2H3,(H2,16,17,19). The van der Waals surface area contributed by atoms with Gasteiger partial charge in [0.1, 0.15) is 0 Å².